The van der Waals surface area contributed by atoms with E-state index in [-0.39, 0.29) is 11.7 Å². The zero-order valence-corrected chi connectivity index (χ0v) is 12.3. The minimum atomic E-state index is 0.104. The van der Waals surface area contributed by atoms with Gasteiger partial charge in [-0.2, -0.15) is 0 Å². The molecule has 2 aromatic rings. The lowest BCUT2D eigenvalue weighted by atomic mass is 9.90. The number of nitrogens with zero attached hydrogens (tertiary/aromatic N) is 1. The molecule has 2 heterocycles. The van der Waals surface area contributed by atoms with E-state index in [0.29, 0.717) is 0 Å². The Balaban J connectivity index is 1.51. The molecule has 0 radical (unpaired) electrons. The maximum Gasteiger partial charge on any atom is 0.138 e. The second-order valence-electron chi connectivity index (χ2n) is 6.33. The highest BCUT2D eigenvalue weighted by Crippen LogP contribution is 2.40. The minimum Gasteiger partial charge on any atom is -0.489 e. The van der Waals surface area contributed by atoms with Crippen molar-refractivity contribution >= 4 is 10.9 Å². The molecule has 21 heavy (non-hydrogen) atoms. The van der Waals surface area contributed by atoms with Crippen LogP contribution in [0, 0.1) is 0 Å². The third-order valence-corrected chi connectivity index (χ3v) is 4.83. The topological polar surface area (TPSA) is 31.4 Å². The molecule has 3 nitrogen and oxygen atoms in total. The Bertz CT molecular complexity index is 634. The average molecular weight is 283 g/mol. The van der Waals surface area contributed by atoms with E-state index in [1.807, 2.05) is 24.4 Å². The summed E-state index contributed by atoms with van der Waals surface area (Å²) < 4.78 is 12.3. The van der Waals surface area contributed by atoms with Crippen LogP contribution in [-0.4, -0.2) is 23.3 Å². The molecule has 0 amide bonds. The standard InChI is InChI=1S/C18H21NO2/c1-2-6-17-14(5-1)11-16(13-19-17)21-15-7-10-20-18(12-15)8-3-4-9-18/h1-2,5-6,11,13,15H,3-4,7-10,12H2. The zero-order chi connectivity index (χ0) is 14.1. The van der Waals surface area contributed by atoms with Gasteiger partial charge in [-0.15, -0.1) is 0 Å². The summed E-state index contributed by atoms with van der Waals surface area (Å²) in [7, 11) is 0. The number of ether oxygens (including phenoxy) is 2. The molecule has 0 N–H and O–H groups in total. The highest BCUT2D eigenvalue weighted by atomic mass is 16.5. The van der Waals surface area contributed by atoms with Gasteiger partial charge in [0.05, 0.1) is 23.9 Å². The van der Waals surface area contributed by atoms with Crippen molar-refractivity contribution in [2.24, 2.45) is 0 Å². The summed E-state index contributed by atoms with van der Waals surface area (Å²) in [5, 5.41) is 1.14. The SMILES string of the molecule is c1ccc2ncc(OC3CCOC4(CCCC4)C3)cc2c1. The first-order chi connectivity index (χ1) is 10.3. The monoisotopic (exact) mass is 283 g/mol. The van der Waals surface area contributed by atoms with Crippen LogP contribution in [0.4, 0.5) is 0 Å². The molecule has 1 saturated carbocycles. The van der Waals surface area contributed by atoms with Crippen LogP contribution >= 0.6 is 0 Å². The molecular formula is C18H21NO2. The van der Waals surface area contributed by atoms with Gasteiger partial charge in [-0.05, 0) is 25.0 Å². The van der Waals surface area contributed by atoms with Gasteiger partial charge in [0.1, 0.15) is 11.9 Å². The van der Waals surface area contributed by atoms with Gasteiger partial charge in [0, 0.05) is 18.2 Å². The van der Waals surface area contributed by atoms with Crippen LogP contribution in [0.2, 0.25) is 0 Å². The van der Waals surface area contributed by atoms with Crippen LogP contribution < -0.4 is 4.74 Å². The van der Waals surface area contributed by atoms with E-state index in [4.69, 9.17) is 9.47 Å². The number of hydrogen-bond donors (Lipinski definition) is 0. The van der Waals surface area contributed by atoms with E-state index in [1.54, 1.807) is 0 Å². The van der Waals surface area contributed by atoms with Crippen LogP contribution in [-0.2, 0) is 4.74 Å². The molecule has 1 aromatic heterocycles. The number of para-hydroxylation sites is 1. The third-order valence-electron chi connectivity index (χ3n) is 4.83. The first kappa shape index (κ1) is 13.1. The first-order valence-electron chi connectivity index (χ1n) is 7.98. The van der Waals surface area contributed by atoms with Crippen molar-refractivity contribution in [3.05, 3.63) is 36.5 Å². The number of hydrogen-bond acceptors (Lipinski definition) is 3. The van der Waals surface area contributed by atoms with Crippen LogP contribution in [0.3, 0.4) is 0 Å². The second kappa shape index (κ2) is 5.30. The maximum absolute atomic E-state index is 6.21. The van der Waals surface area contributed by atoms with E-state index in [0.717, 1.165) is 36.1 Å². The second-order valence-corrected chi connectivity index (χ2v) is 6.33. The van der Waals surface area contributed by atoms with Crippen molar-refractivity contribution in [2.45, 2.75) is 50.2 Å². The number of fused-ring (bicyclic) bond motifs is 1. The van der Waals surface area contributed by atoms with Crippen molar-refractivity contribution in [1.29, 1.82) is 0 Å². The van der Waals surface area contributed by atoms with E-state index in [1.165, 1.54) is 25.7 Å². The highest BCUT2D eigenvalue weighted by molar-refractivity contribution is 5.79. The Kier molecular flexibility index (Phi) is 3.30. The predicted octanol–water partition coefficient (Wildman–Crippen LogP) is 4.11. The fraction of sp³-hybridized carbons (Fsp3) is 0.500. The molecule has 2 aliphatic rings. The van der Waals surface area contributed by atoms with Gasteiger partial charge in [-0.25, -0.2) is 0 Å². The van der Waals surface area contributed by atoms with E-state index in [9.17, 15) is 0 Å². The molecule has 1 aliphatic heterocycles. The number of rotatable bonds is 2. The predicted molar refractivity (Wildman–Crippen MR) is 82.5 cm³/mol. The minimum absolute atomic E-state index is 0.104. The summed E-state index contributed by atoms with van der Waals surface area (Å²) >= 11 is 0. The maximum atomic E-state index is 6.21. The highest BCUT2D eigenvalue weighted by Gasteiger charge is 2.40. The van der Waals surface area contributed by atoms with E-state index in [2.05, 4.69) is 17.1 Å². The average Bonchev–Trinajstić information content (AvgIpc) is 2.95. The molecule has 1 saturated heterocycles. The molecule has 1 aliphatic carbocycles. The summed E-state index contributed by atoms with van der Waals surface area (Å²) in [6, 6.07) is 10.3. The summed E-state index contributed by atoms with van der Waals surface area (Å²) in [6.07, 6.45) is 9.10. The van der Waals surface area contributed by atoms with Gasteiger partial charge < -0.3 is 9.47 Å². The van der Waals surface area contributed by atoms with Crippen molar-refractivity contribution in [1.82, 2.24) is 4.98 Å². The summed E-state index contributed by atoms with van der Waals surface area (Å²) in [5.41, 5.74) is 1.12. The Morgan fingerprint density at radius 3 is 2.95 bits per heavy atom. The Morgan fingerprint density at radius 2 is 2.05 bits per heavy atom. The van der Waals surface area contributed by atoms with Gasteiger partial charge in [0.2, 0.25) is 0 Å². The van der Waals surface area contributed by atoms with Gasteiger partial charge in [0.25, 0.3) is 0 Å². The summed E-state index contributed by atoms with van der Waals surface area (Å²) in [5.74, 6) is 0.883. The summed E-state index contributed by atoms with van der Waals surface area (Å²) in [4.78, 5) is 4.48. The Morgan fingerprint density at radius 1 is 1.19 bits per heavy atom. The molecule has 3 heteroatoms. The van der Waals surface area contributed by atoms with Crippen molar-refractivity contribution < 1.29 is 9.47 Å². The third kappa shape index (κ3) is 2.62. The lowest BCUT2D eigenvalue weighted by Gasteiger charge is -2.38. The fourth-order valence-electron chi connectivity index (χ4n) is 3.76. The Hall–Kier alpha value is -1.61. The molecule has 1 unspecified atom stereocenters. The van der Waals surface area contributed by atoms with Crippen LogP contribution in [0.15, 0.2) is 36.5 Å². The lowest BCUT2D eigenvalue weighted by molar-refractivity contribution is -0.108. The van der Waals surface area contributed by atoms with Crippen molar-refractivity contribution in [2.75, 3.05) is 6.61 Å². The van der Waals surface area contributed by atoms with Gasteiger partial charge in [0.15, 0.2) is 0 Å². The molecular weight excluding hydrogens is 262 g/mol. The molecule has 1 atom stereocenters. The quantitative estimate of drug-likeness (QED) is 0.831. The molecule has 4 rings (SSSR count). The van der Waals surface area contributed by atoms with Crippen LogP contribution in [0.5, 0.6) is 5.75 Å². The van der Waals surface area contributed by atoms with Gasteiger partial charge >= 0.3 is 0 Å². The summed E-state index contributed by atoms with van der Waals surface area (Å²) in [6.45, 7) is 0.825. The van der Waals surface area contributed by atoms with Gasteiger partial charge in [-0.1, -0.05) is 31.0 Å². The normalized spacial score (nSPS) is 24.5. The smallest absolute Gasteiger partial charge is 0.138 e. The van der Waals surface area contributed by atoms with Crippen LogP contribution in [0.1, 0.15) is 38.5 Å². The fourth-order valence-corrected chi connectivity index (χ4v) is 3.76. The molecule has 1 aromatic carbocycles. The molecule has 110 valence electrons. The number of benzene rings is 1. The number of aromatic nitrogens is 1. The lowest BCUT2D eigenvalue weighted by Crippen LogP contribution is -2.41. The van der Waals surface area contributed by atoms with Gasteiger partial charge in [-0.3, -0.25) is 4.98 Å². The first-order valence-corrected chi connectivity index (χ1v) is 7.98. The van der Waals surface area contributed by atoms with Crippen molar-refractivity contribution in [3.63, 3.8) is 0 Å². The number of pyridine rings is 1. The van der Waals surface area contributed by atoms with Crippen LogP contribution in [0.25, 0.3) is 10.9 Å². The molecule has 1 spiro atoms. The van der Waals surface area contributed by atoms with E-state index < -0.39 is 0 Å². The largest absolute Gasteiger partial charge is 0.489 e. The Labute approximate surface area is 125 Å². The van der Waals surface area contributed by atoms with Crippen molar-refractivity contribution in [3.8, 4) is 5.75 Å². The zero-order valence-electron chi connectivity index (χ0n) is 12.3. The van der Waals surface area contributed by atoms with E-state index >= 15 is 0 Å². The molecule has 2 fully saturated rings. The molecule has 0 bridgehead atoms.